The molecule has 1 saturated heterocycles. The zero-order valence-electron chi connectivity index (χ0n) is 16.1. The summed E-state index contributed by atoms with van der Waals surface area (Å²) in [5.74, 6) is -1.43. The van der Waals surface area contributed by atoms with Crippen LogP contribution in [0.25, 0.3) is 0 Å². The van der Waals surface area contributed by atoms with E-state index < -0.39 is 11.8 Å². The van der Waals surface area contributed by atoms with Gasteiger partial charge >= 0.3 is 11.8 Å². The van der Waals surface area contributed by atoms with Crippen molar-refractivity contribution in [2.75, 3.05) is 41.7 Å². The summed E-state index contributed by atoms with van der Waals surface area (Å²) >= 11 is 0. The van der Waals surface area contributed by atoms with Gasteiger partial charge in [0.05, 0.1) is 0 Å². The van der Waals surface area contributed by atoms with Gasteiger partial charge < -0.3 is 20.4 Å². The third-order valence-corrected chi connectivity index (χ3v) is 4.57. The van der Waals surface area contributed by atoms with Gasteiger partial charge in [0, 0.05) is 50.2 Å². The molecule has 0 atom stereocenters. The number of hydrogen-bond donors (Lipinski definition) is 2. The van der Waals surface area contributed by atoms with Crippen LogP contribution in [0.1, 0.15) is 12.5 Å². The number of rotatable bonds is 3. The molecule has 0 saturated carbocycles. The molecule has 0 aliphatic carbocycles. The molecule has 2 aromatic carbocycles. The zero-order valence-corrected chi connectivity index (χ0v) is 16.1. The van der Waals surface area contributed by atoms with E-state index in [0.29, 0.717) is 37.6 Å². The molecule has 2 N–H and O–H groups in total. The number of anilines is 3. The van der Waals surface area contributed by atoms with E-state index >= 15 is 0 Å². The smallest absolute Gasteiger partial charge is 0.313 e. The number of carbonyl (C=O) groups excluding carboxylic acids is 3. The number of hydrogen-bond acceptors (Lipinski definition) is 4. The molecule has 0 aromatic heterocycles. The Morgan fingerprint density at radius 3 is 2.14 bits per heavy atom. The van der Waals surface area contributed by atoms with Crippen molar-refractivity contribution in [3.05, 3.63) is 54.1 Å². The maximum absolute atomic E-state index is 12.5. The first kappa shape index (κ1) is 19.4. The average Bonchev–Trinajstić information content (AvgIpc) is 2.67. The van der Waals surface area contributed by atoms with Gasteiger partial charge in [0.25, 0.3) is 0 Å². The second kappa shape index (κ2) is 8.56. The fourth-order valence-corrected chi connectivity index (χ4v) is 3.20. The lowest BCUT2D eigenvalue weighted by atomic mass is 10.2. The van der Waals surface area contributed by atoms with E-state index in [1.54, 1.807) is 29.2 Å². The maximum Gasteiger partial charge on any atom is 0.313 e. The van der Waals surface area contributed by atoms with Crippen molar-refractivity contribution in [2.45, 2.75) is 13.8 Å². The predicted molar refractivity (Wildman–Crippen MR) is 109 cm³/mol. The first-order valence-electron chi connectivity index (χ1n) is 9.22. The summed E-state index contributed by atoms with van der Waals surface area (Å²) in [6, 6.07) is 14.9. The predicted octanol–water partition coefficient (Wildman–Crippen LogP) is 2.24. The Labute approximate surface area is 164 Å². The number of piperazine rings is 1. The summed E-state index contributed by atoms with van der Waals surface area (Å²) in [6.45, 7) is 5.80. The van der Waals surface area contributed by atoms with Crippen LogP contribution in [0.15, 0.2) is 48.5 Å². The fraction of sp³-hybridized carbons (Fsp3) is 0.286. The number of aryl methyl sites for hydroxylation is 1. The molecule has 3 amide bonds. The van der Waals surface area contributed by atoms with Gasteiger partial charge in [-0.25, -0.2) is 0 Å². The van der Waals surface area contributed by atoms with E-state index in [0.717, 1.165) is 5.69 Å². The summed E-state index contributed by atoms with van der Waals surface area (Å²) in [7, 11) is 0. The van der Waals surface area contributed by atoms with Gasteiger partial charge in [-0.1, -0.05) is 18.2 Å². The Balaban J connectivity index is 1.56. The molecular formula is C21H24N4O3. The van der Waals surface area contributed by atoms with Crippen LogP contribution in [0.5, 0.6) is 0 Å². The summed E-state index contributed by atoms with van der Waals surface area (Å²) in [5.41, 5.74) is 3.34. The van der Waals surface area contributed by atoms with Crippen LogP contribution >= 0.6 is 0 Å². The highest BCUT2D eigenvalue weighted by Crippen LogP contribution is 2.18. The van der Waals surface area contributed by atoms with Crippen molar-refractivity contribution in [1.29, 1.82) is 0 Å². The van der Waals surface area contributed by atoms with Gasteiger partial charge in [-0.05, 0) is 42.8 Å². The molecule has 0 unspecified atom stereocenters. The second-order valence-corrected chi connectivity index (χ2v) is 6.83. The van der Waals surface area contributed by atoms with Gasteiger partial charge in [-0.3, -0.25) is 14.4 Å². The van der Waals surface area contributed by atoms with E-state index in [4.69, 9.17) is 0 Å². The number of benzene rings is 2. The maximum atomic E-state index is 12.5. The van der Waals surface area contributed by atoms with E-state index in [-0.39, 0.29) is 5.91 Å². The molecule has 0 spiro atoms. The fourth-order valence-electron chi connectivity index (χ4n) is 3.20. The Hall–Kier alpha value is -3.35. The molecule has 0 bridgehead atoms. The molecule has 28 heavy (non-hydrogen) atoms. The van der Waals surface area contributed by atoms with E-state index in [1.165, 1.54) is 12.5 Å². The molecule has 0 radical (unpaired) electrons. The van der Waals surface area contributed by atoms with Crippen LogP contribution in [0.3, 0.4) is 0 Å². The summed E-state index contributed by atoms with van der Waals surface area (Å²) < 4.78 is 0. The first-order chi connectivity index (χ1) is 13.4. The van der Waals surface area contributed by atoms with E-state index in [2.05, 4.69) is 40.7 Å². The topological polar surface area (TPSA) is 81.8 Å². The molecule has 1 heterocycles. The Morgan fingerprint density at radius 2 is 1.50 bits per heavy atom. The molecule has 7 heteroatoms. The highest BCUT2D eigenvalue weighted by atomic mass is 16.2. The van der Waals surface area contributed by atoms with Crippen LogP contribution < -0.4 is 15.5 Å². The van der Waals surface area contributed by atoms with Crippen molar-refractivity contribution >= 4 is 34.8 Å². The minimum Gasteiger partial charge on any atom is -0.368 e. The van der Waals surface area contributed by atoms with Gasteiger partial charge in [-0.2, -0.15) is 0 Å². The van der Waals surface area contributed by atoms with Crippen molar-refractivity contribution in [1.82, 2.24) is 4.90 Å². The lowest BCUT2D eigenvalue weighted by Crippen LogP contribution is -2.51. The summed E-state index contributed by atoms with van der Waals surface area (Å²) in [5, 5.41) is 5.25. The van der Waals surface area contributed by atoms with Gasteiger partial charge in [0.2, 0.25) is 5.91 Å². The van der Waals surface area contributed by atoms with Gasteiger partial charge in [-0.15, -0.1) is 0 Å². The highest BCUT2D eigenvalue weighted by molar-refractivity contribution is 6.39. The minimum atomic E-state index is -0.677. The lowest BCUT2D eigenvalue weighted by molar-refractivity contribution is -0.143. The average molecular weight is 380 g/mol. The molecule has 3 rings (SSSR count). The summed E-state index contributed by atoms with van der Waals surface area (Å²) in [6.07, 6.45) is 0. The summed E-state index contributed by atoms with van der Waals surface area (Å²) in [4.78, 5) is 39.8. The molecule has 7 nitrogen and oxygen atoms in total. The third kappa shape index (κ3) is 4.88. The van der Waals surface area contributed by atoms with Crippen molar-refractivity contribution in [3.63, 3.8) is 0 Å². The second-order valence-electron chi connectivity index (χ2n) is 6.83. The largest absolute Gasteiger partial charge is 0.368 e. The first-order valence-corrected chi connectivity index (χ1v) is 9.22. The van der Waals surface area contributed by atoms with Crippen LogP contribution in [0.4, 0.5) is 17.1 Å². The number of amides is 3. The Bertz CT molecular complexity index is 889. The monoisotopic (exact) mass is 380 g/mol. The van der Waals surface area contributed by atoms with E-state index in [1.807, 2.05) is 6.07 Å². The molecule has 1 fully saturated rings. The molecule has 1 aliphatic heterocycles. The standard InChI is InChI=1S/C21H24N4O3/c1-15-5-3-8-19(13-15)24-9-11-25(12-10-24)21(28)20(27)23-18-7-4-6-17(14-18)22-16(2)26/h3-8,13-14H,9-12H2,1-2H3,(H,22,26)(H,23,27). The van der Waals surface area contributed by atoms with Crippen LogP contribution in [-0.2, 0) is 14.4 Å². The molecule has 146 valence electrons. The van der Waals surface area contributed by atoms with Crippen molar-refractivity contribution in [3.8, 4) is 0 Å². The number of nitrogens with one attached hydrogen (secondary N) is 2. The number of nitrogens with zero attached hydrogens (tertiary/aromatic N) is 2. The Kier molecular flexibility index (Phi) is 5.93. The zero-order chi connectivity index (χ0) is 20.1. The SMILES string of the molecule is CC(=O)Nc1cccc(NC(=O)C(=O)N2CCN(c3cccc(C)c3)CC2)c1. The highest BCUT2D eigenvalue weighted by Gasteiger charge is 2.26. The Morgan fingerprint density at radius 1 is 0.857 bits per heavy atom. The van der Waals surface area contributed by atoms with Crippen molar-refractivity contribution in [2.24, 2.45) is 0 Å². The molecule has 1 aliphatic rings. The van der Waals surface area contributed by atoms with Crippen LogP contribution in [-0.4, -0.2) is 48.8 Å². The molecule has 2 aromatic rings. The number of carbonyl (C=O) groups is 3. The van der Waals surface area contributed by atoms with Gasteiger partial charge in [0.1, 0.15) is 0 Å². The van der Waals surface area contributed by atoms with Crippen molar-refractivity contribution < 1.29 is 14.4 Å². The lowest BCUT2D eigenvalue weighted by Gasteiger charge is -2.35. The molecular weight excluding hydrogens is 356 g/mol. The van der Waals surface area contributed by atoms with Gasteiger partial charge in [0.15, 0.2) is 0 Å². The quantitative estimate of drug-likeness (QED) is 0.800. The van der Waals surface area contributed by atoms with Crippen LogP contribution in [0, 0.1) is 6.92 Å². The third-order valence-electron chi connectivity index (χ3n) is 4.57. The van der Waals surface area contributed by atoms with Crippen LogP contribution in [0.2, 0.25) is 0 Å². The normalized spacial score (nSPS) is 13.8. The minimum absolute atomic E-state index is 0.203. The van der Waals surface area contributed by atoms with E-state index in [9.17, 15) is 14.4 Å².